The van der Waals surface area contributed by atoms with Gasteiger partial charge in [0.2, 0.25) is 0 Å². The van der Waals surface area contributed by atoms with Gasteiger partial charge in [-0.25, -0.2) is 4.79 Å². The van der Waals surface area contributed by atoms with Crippen molar-refractivity contribution in [3.05, 3.63) is 64.1 Å². The lowest BCUT2D eigenvalue weighted by Gasteiger charge is -2.07. The van der Waals surface area contributed by atoms with Gasteiger partial charge in [0.25, 0.3) is 0 Å². The molecule has 0 amide bonds. The SMILES string of the molecule is COc1ccc(C=CC(=O)ON=C(N)c2ccc(Br)cc2)cc1OC. The Kier molecular flexibility index (Phi) is 6.59. The van der Waals surface area contributed by atoms with Crippen LogP contribution in [0.3, 0.4) is 0 Å². The molecule has 0 saturated heterocycles. The first-order valence-electron chi connectivity index (χ1n) is 7.24. The van der Waals surface area contributed by atoms with Crippen molar-refractivity contribution < 1.29 is 19.1 Å². The number of methoxy groups -OCH3 is 2. The van der Waals surface area contributed by atoms with Crippen LogP contribution in [-0.4, -0.2) is 26.0 Å². The van der Waals surface area contributed by atoms with Gasteiger partial charge in [-0.15, -0.1) is 0 Å². The molecule has 0 aliphatic rings. The van der Waals surface area contributed by atoms with Gasteiger partial charge in [-0.05, 0) is 35.9 Å². The van der Waals surface area contributed by atoms with Crippen molar-refractivity contribution in [1.82, 2.24) is 0 Å². The number of hydrogen-bond donors (Lipinski definition) is 1. The molecule has 2 rings (SSSR count). The fourth-order valence-electron chi connectivity index (χ4n) is 1.92. The number of amidine groups is 1. The Morgan fingerprint density at radius 2 is 1.76 bits per heavy atom. The van der Waals surface area contributed by atoms with E-state index in [4.69, 9.17) is 20.0 Å². The number of carbonyl (C=O) groups is 1. The summed E-state index contributed by atoms with van der Waals surface area (Å²) < 4.78 is 11.3. The van der Waals surface area contributed by atoms with Crippen LogP contribution in [0.1, 0.15) is 11.1 Å². The highest BCUT2D eigenvalue weighted by atomic mass is 79.9. The van der Waals surface area contributed by atoms with Crippen LogP contribution >= 0.6 is 15.9 Å². The lowest BCUT2D eigenvalue weighted by molar-refractivity contribution is -0.137. The first-order valence-corrected chi connectivity index (χ1v) is 8.03. The second kappa shape index (κ2) is 8.89. The summed E-state index contributed by atoms with van der Waals surface area (Å²) in [5.41, 5.74) is 7.18. The fraction of sp³-hybridized carbons (Fsp3) is 0.111. The molecule has 7 heteroatoms. The summed E-state index contributed by atoms with van der Waals surface area (Å²) in [5.74, 6) is 0.639. The van der Waals surface area contributed by atoms with Crippen LogP contribution in [0, 0.1) is 0 Å². The first-order chi connectivity index (χ1) is 12.0. The number of hydrogen-bond acceptors (Lipinski definition) is 5. The predicted molar refractivity (Wildman–Crippen MR) is 99.5 cm³/mol. The molecule has 0 aromatic heterocycles. The van der Waals surface area contributed by atoms with E-state index in [1.165, 1.54) is 6.08 Å². The number of rotatable bonds is 6. The minimum atomic E-state index is -0.644. The van der Waals surface area contributed by atoms with Gasteiger partial charge in [-0.1, -0.05) is 39.3 Å². The average molecular weight is 405 g/mol. The number of oxime groups is 1. The molecule has 6 nitrogen and oxygen atoms in total. The van der Waals surface area contributed by atoms with Gasteiger partial charge in [0.1, 0.15) is 0 Å². The fourth-order valence-corrected chi connectivity index (χ4v) is 2.18. The highest BCUT2D eigenvalue weighted by Crippen LogP contribution is 2.27. The summed E-state index contributed by atoms with van der Waals surface area (Å²) in [7, 11) is 3.10. The maximum atomic E-state index is 11.7. The van der Waals surface area contributed by atoms with Gasteiger partial charge >= 0.3 is 5.97 Å². The van der Waals surface area contributed by atoms with Gasteiger partial charge in [-0.2, -0.15) is 0 Å². The van der Waals surface area contributed by atoms with Crippen molar-refractivity contribution in [2.75, 3.05) is 14.2 Å². The van der Waals surface area contributed by atoms with Crippen molar-refractivity contribution in [3.8, 4) is 11.5 Å². The molecule has 2 N–H and O–H groups in total. The van der Waals surface area contributed by atoms with Gasteiger partial charge in [0.05, 0.1) is 14.2 Å². The van der Waals surface area contributed by atoms with Crippen LogP contribution < -0.4 is 15.2 Å². The van der Waals surface area contributed by atoms with Gasteiger partial charge in [-0.3, -0.25) is 0 Å². The summed E-state index contributed by atoms with van der Waals surface area (Å²) in [6.45, 7) is 0. The topological polar surface area (TPSA) is 83.1 Å². The zero-order valence-corrected chi connectivity index (χ0v) is 15.3. The average Bonchev–Trinajstić information content (AvgIpc) is 2.64. The van der Waals surface area contributed by atoms with Gasteiger partial charge in [0.15, 0.2) is 17.3 Å². The van der Waals surface area contributed by atoms with E-state index in [9.17, 15) is 4.79 Å². The third kappa shape index (κ3) is 5.36. The second-order valence-corrected chi connectivity index (χ2v) is 5.76. The van der Waals surface area contributed by atoms with E-state index in [0.717, 1.165) is 10.0 Å². The zero-order valence-electron chi connectivity index (χ0n) is 13.7. The Balaban J connectivity index is 2.01. The molecule has 0 spiro atoms. The van der Waals surface area contributed by atoms with Crippen LogP contribution in [0.4, 0.5) is 0 Å². The lowest BCUT2D eigenvalue weighted by atomic mass is 10.2. The number of halogens is 1. The molecule has 0 atom stereocenters. The zero-order chi connectivity index (χ0) is 18.2. The maximum absolute atomic E-state index is 11.7. The van der Waals surface area contributed by atoms with Gasteiger partial charge < -0.3 is 20.0 Å². The first kappa shape index (κ1) is 18.5. The Hall–Kier alpha value is -2.80. The van der Waals surface area contributed by atoms with Crippen LogP contribution in [0.5, 0.6) is 11.5 Å². The molecule has 2 aromatic rings. The van der Waals surface area contributed by atoms with Gasteiger partial charge in [0, 0.05) is 16.1 Å². The Morgan fingerprint density at radius 1 is 1.08 bits per heavy atom. The summed E-state index contributed by atoms with van der Waals surface area (Å²) in [6.07, 6.45) is 2.83. The maximum Gasteiger partial charge on any atom is 0.358 e. The van der Waals surface area contributed by atoms with E-state index in [0.29, 0.717) is 17.1 Å². The van der Waals surface area contributed by atoms with Crippen molar-refractivity contribution in [1.29, 1.82) is 0 Å². The molecule has 0 saturated carbocycles. The van der Waals surface area contributed by atoms with E-state index >= 15 is 0 Å². The monoisotopic (exact) mass is 404 g/mol. The molecule has 0 radical (unpaired) electrons. The molecule has 25 heavy (non-hydrogen) atoms. The van der Waals surface area contributed by atoms with Crippen molar-refractivity contribution in [2.24, 2.45) is 10.9 Å². The van der Waals surface area contributed by atoms with Crippen molar-refractivity contribution in [2.45, 2.75) is 0 Å². The van der Waals surface area contributed by atoms with Crippen LogP contribution in [0.2, 0.25) is 0 Å². The summed E-state index contributed by atoms with van der Waals surface area (Å²) >= 11 is 3.33. The molecule has 0 aliphatic heterocycles. The molecule has 2 aromatic carbocycles. The highest BCUT2D eigenvalue weighted by molar-refractivity contribution is 9.10. The van der Waals surface area contributed by atoms with E-state index in [1.807, 2.05) is 12.1 Å². The number of nitrogens with two attached hydrogens (primary N) is 1. The quantitative estimate of drug-likeness (QED) is 0.262. The highest BCUT2D eigenvalue weighted by Gasteiger charge is 2.04. The lowest BCUT2D eigenvalue weighted by Crippen LogP contribution is -2.14. The normalized spacial score (nSPS) is 11.4. The standard InChI is InChI=1S/C18H17BrN2O4/c1-23-15-9-3-12(11-16(15)24-2)4-10-17(22)25-21-18(20)13-5-7-14(19)8-6-13/h3-11H,1-2H3,(H2,20,21). The number of carbonyl (C=O) groups excluding carboxylic acids is 1. The molecular formula is C18H17BrN2O4. The van der Waals surface area contributed by atoms with E-state index in [1.54, 1.807) is 50.6 Å². The van der Waals surface area contributed by atoms with Crippen molar-refractivity contribution in [3.63, 3.8) is 0 Å². The molecule has 0 aliphatic carbocycles. The largest absolute Gasteiger partial charge is 0.493 e. The number of nitrogens with zero attached hydrogens (tertiary/aromatic N) is 1. The summed E-state index contributed by atoms with van der Waals surface area (Å²) in [5, 5.41) is 3.63. The summed E-state index contributed by atoms with van der Waals surface area (Å²) in [6, 6.07) is 12.4. The van der Waals surface area contributed by atoms with Crippen LogP contribution in [0.15, 0.2) is 58.2 Å². The Morgan fingerprint density at radius 3 is 2.40 bits per heavy atom. The van der Waals surface area contributed by atoms with E-state index in [2.05, 4.69) is 21.1 Å². The molecule has 130 valence electrons. The number of benzene rings is 2. The molecular weight excluding hydrogens is 388 g/mol. The minimum Gasteiger partial charge on any atom is -0.493 e. The predicted octanol–water partition coefficient (Wildman–Crippen LogP) is 3.34. The molecule has 0 heterocycles. The molecule has 0 fully saturated rings. The van der Waals surface area contributed by atoms with Crippen molar-refractivity contribution >= 4 is 33.8 Å². The third-order valence-electron chi connectivity index (χ3n) is 3.19. The Bertz CT molecular complexity index is 801. The van der Waals surface area contributed by atoms with Crippen LogP contribution in [0.25, 0.3) is 6.08 Å². The van der Waals surface area contributed by atoms with Crippen LogP contribution in [-0.2, 0) is 9.63 Å². The second-order valence-electron chi connectivity index (χ2n) is 4.84. The van der Waals surface area contributed by atoms with E-state index in [-0.39, 0.29) is 5.84 Å². The van der Waals surface area contributed by atoms with E-state index < -0.39 is 5.97 Å². The summed E-state index contributed by atoms with van der Waals surface area (Å²) in [4.78, 5) is 16.5. The minimum absolute atomic E-state index is 0.111. The molecule has 0 unspecified atom stereocenters. The number of ether oxygens (including phenoxy) is 2. The smallest absolute Gasteiger partial charge is 0.358 e. The Labute approximate surface area is 154 Å². The molecule has 0 bridgehead atoms. The third-order valence-corrected chi connectivity index (χ3v) is 3.72.